The third-order valence-corrected chi connectivity index (χ3v) is 12.5. The van der Waals surface area contributed by atoms with Gasteiger partial charge in [0.2, 0.25) is 5.95 Å². The third-order valence-electron chi connectivity index (χ3n) is 11.3. The second kappa shape index (κ2) is 11.7. The number of anilines is 3. The van der Waals surface area contributed by atoms with E-state index in [0.717, 1.165) is 44.7 Å². The maximum Gasteiger partial charge on any atom is 0.235 e. The van der Waals surface area contributed by atoms with Crippen LogP contribution in [0.3, 0.4) is 0 Å². The smallest absolute Gasteiger partial charge is 0.235 e. The van der Waals surface area contributed by atoms with Crippen LogP contribution in [0.15, 0.2) is 170 Å². The first kappa shape index (κ1) is 31.0. The first-order valence-electron chi connectivity index (χ1n) is 18.4. The van der Waals surface area contributed by atoms with Gasteiger partial charge in [0.1, 0.15) is 0 Å². The van der Waals surface area contributed by atoms with Crippen molar-refractivity contribution in [1.82, 2.24) is 14.5 Å². The number of para-hydroxylation sites is 2. The Morgan fingerprint density at radius 2 is 1.20 bits per heavy atom. The molecule has 0 saturated heterocycles. The minimum atomic E-state index is -0.133. The van der Waals surface area contributed by atoms with Crippen LogP contribution in [0.4, 0.5) is 17.1 Å². The summed E-state index contributed by atoms with van der Waals surface area (Å²) in [6.45, 7) is 4.70. The molecular weight excluding hydrogens is 677 g/mol. The summed E-state index contributed by atoms with van der Waals surface area (Å²) in [5.41, 5.74) is 12.6. The van der Waals surface area contributed by atoms with Crippen molar-refractivity contribution in [3.8, 4) is 28.3 Å². The first-order chi connectivity index (χ1) is 26.5. The van der Waals surface area contributed by atoms with Gasteiger partial charge in [0.05, 0.1) is 16.7 Å². The molecule has 0 bridgehead atoms. The van der Waals surface area contributed by atoms with Crippen molar-refractivity contribution in [1.29, 1.82) is 0 Å². The second-order valence-corrected chi connectivity index (χ2v) is 15.7. The van der Waals surface area contributed by atoms with Crippen LogP contribution in [-0.4, -0.2) is 14.5 Å². The highest BCUT2D eigenvalue weighted by atomic mass is 32.1. The molecule has 1 aliphatic carbocycles. The number of benzene rings is 7. The summed E-state index contributed by atoms with van der Waals surface area (Å²) in [4.78, 5) is 12.7. The molecule has 5 heteroatoms. The van der Waals surface area contributed by atoms with E-state index in [2.05, 4.69) is 181 Å². The molecule has 10 aromatic rings. The SMILES string of the molecule is CC1(C)c2ccccc2-c2cc3c(cc21)c1cc(N(c2ccccc2)c2ccccc2)ccc1n3-c1nccc(-c2cccc3c2sc2ccccc23)n1. The lowest BCUT2D eigenvalue weighted by atomic mass is 9.82. The first-order valence-corrected chi connectivity index (χ1v) is 19.2. The molecule has 0 spiro atoms. The van der Waals surface area contributed by atoms with E-state index in [1.807, 2.05) is 23.6 Å². The molecule has 0 saturated carbocycles. The van der Waals surface area contributed by atoms with Crippen molar-refractivity contribution in [2.24, 2.45) is 0 Å². The lowest BCUT2D eigenvalue weighted by Gasteiger charge is -2.25. The van der Waals surface area contributed by atoms with Gasteiger partial charge in [-0.05, 0) is 89.0 Å². The molecule has 4 nitrogen and oxygen atoms in total. The quantitative estimate of drug-likeness (QED) is 0.178. The van der Waals surface area contributed by atoms with E-state index in [0.29, 0.717) is 5.95 Å². The fourth-order valence-corrected chi connectivity index (χ4v) is 9.94. The Labute approximate surface area is 317 Å². The number of nitrogens with zero attached hydrogens (tertiary/aromatic N) is 4. The molecule has 0 fully saturated rings. The standard InChI is InChI=1S/C49H34N4S/c1-49(2)41-22-11-9-18-34(41)38-30-45-40(29-42(38)49)39-28-33(52(31-14-5-3-6-15-31)32-16-7-4-8-17-32)24-25-44(39)53(45)48-50-27-26-43(51-48)37-21-13-20-36-35-19-10-12-23-46(35)54-47(36)37/h3-30H,1-2H3. The van der Waals surface area contributed by atoms with Gasteiger partial charge in [-0.15, -0.1) is 11.3 Å². The predicted molar refractivity (Wildman–Crippen MR) is 227 cm³/mol. The summed E-state index contributed by atoms with van der Waals surface area (Å²) >= 11 is 1.83. The van der Waals surface area contributed by atoms with Crippen LogP contribution < -0.4 is 4.90 Å². The molecule has 0 amide bonds. The minimum Gasteiger partial charge on any atom is -0.310 e. The van der Waals surface area contributed by atoms with Gasteiger partial charge in [-0.1, -0.05) is 111 Å². The lowest BCUT2D eigenvalue weighted by molar-refractivity contribution is 0.661. The van der Waals surface area contributed by atoms with Gasteiger partial charge < -0.3 is 4.90 Å². The molecule has 11 rings (SSSR count). The number of rotatable bonds is 5. The highest BCUT2D eigenvalue weighted by Crippen LogP contribution is 2.51. The summed E-state index contributed by atoms with van der Waals surface area (Å²) < 4.78 is 4.80. The van der Waals surface area contributed by atoms with Crippen LogP contribution in [0.5, 0.6) is 0 Å². The number of aromatic nitrogens is 3. The topological polar surface area (TPSA) is 34.0 Å². The molecule has 0 atom stereocenters. The highest BCUT2D eigenvalue weighted by molar-refractivity contribution is 7.26. The number of hydrogen-bond donors (Lipinski definition) is 0. The molecule has 256 valence electrons. The summed E-state index contributed by atoms with van der Waals surface area (Å²) in [5, 5.41) is 4.89. The molecule has 7 aromatic carbocycles. The minimum absolute atomic E-state index is 0.133. The average Bonchev–Trinajstić information content (AvgIpc) is 3.83. The molecule has 0 N–H and O–H groups in total. The monoisotopic (exact) mass is 710 g/mol. The van der Waals surface area contributed by atoms with E-state index in [-0.39, 0.29) is 5.41 Å². The van der Waals surface area contributed by atoms with Crippen molar-refractivity contribution in [3.05, 3.63) is 181 Å². The van der Waals surface area contributed by atoms with Gasteiger partial charge in [0, 0.05) is 65.2 Å². The Morgan fingerprint density at radius 3 is 2.02 bits per heavy atom. The lowest BCUT2D eigenvalue weighted by Crippen LogP contribution is -2.14. The molecule has 0 aliphatic heterocycles. The van der Waals surface area contributed by atoms with Crippen molar-refractivity contribution < 1.29 is 0 Å². The molecule has 54 heavy (non-hydrogen) atoms. The zero-order valence-corrected chi connectivity index (χ0v) is 30.7. The second-order valence-electron chi connectivity index (χ2n) is 14.7. The fourth-order valence-electron chi connectivity index (χ4n) is 8.71. The van der Waals surface area contributed by atoms with Crippen molar-refractivity contribution in [2.75, 3.05) is 4.90 Å². The van der Waals surface area contributed by atoms with Gasteiger partial charge in [0.25, 0.3) is 0 Å². The summed E-state index contributed by atoms with van der Waals surface area (Å²) in [5.74, 6) is 0.659. The van der Waals surface area contributed by atoms with Crippen molar-refractivity contribution in [2.45, 2.75) is 19.3 Å². The Bertz CT molecular complexity index is 3040. The maximum atomic E-state index is 5.37. The summed E-state index contributed by atoms with van der Waals surface area (Å²) in [6.07, 6.45) is 1.91. The van der Waals surface area contributed by atoms with Crippen LogP contribution in [-0.2, 0) is 5.41 Å². The number of thiophene rings is 1. The zero-order valence-electron chi connectivity index (χ0n) is 29.9. The van der Waals surface area contributed by atoms with Crippen molar-refractivity contribution in [3.63, 3.8) is 0 Å². The van der Waals surface area contributed by atoms with E-state index in [1.54, 1.807) is 0 Å². The molecular formula is C49H34N4S. The zero-order chi connectivity index (χ0) is 36.0. The highest BCUT2D eigenvalue weighted by Gasteiger charge is 2.36. The van der Waals surface area contributed by atoms with Gasteiger partial charge in [-0.2, -0.15) is 0 Å². The van der Waals surface area contributed by atoms with E-state index in [4.69, 9.17) is 9.97 Å². The Hall–Kier alpha value is -6.56. The van der Waals surface area contributed by atoms with Gasteiger partial charge in [-0.25, -0.2) is 9.97 Å². The third kappa shape index (κ3) is 4.55. The van der Waals surface area contributed by atoms with E-state index >= 15 is 0 Å². The van der Waals surface area contributed by atoms with Crippen LogP contribution in [0.2, 0.25) is 0 Å². The molecule has 3 aromatic heterocycles. The van der Waals surface area contributed by atoms with Gasteiger partial charge in [0.15, 0.2) is 0 Å². The molecule has 1 aliphatic rings. The number of fused-ring (bicyclic) bond motifs is 9. The Kier molecular flexibility index (Phi) is 6.73. The summed E-state index contributed by atoms with van der Waals surface area (Å²) in [7, 11) is 0. The normalized spacial score (nSPS) is 13.1. The Balaban J connectivity index is 1.18. The Morgan fingerprint density at radius 1 is 0.519 bits per heavy atom. The van der Waals surface area contributed by atoms with E-state index in [1.165, 1.54) is 47.8 Å². The van der Waals surface area contributed by atoms with E-state index in [9.17, 15) is 0 Å². The van der Waals surface area contributed by atoms with Crippen LogP contribution in [0, 0.1) is 0 Å². The van der Waals surface area contributed by atoms with Gasteiger partial charge in [-0.3, -0.25) is 4.57 Å². The largest absolute Gasteiger partial charge is 0.310 e. The predicted octanol–water partition coefficient (Wildman–Crippen LogP) is 13.4. The van der Waals surface area contributed by atoms with Crippen LogP contribution in [0.25, 0.3) is 70.3 Å². The molecule has 3 heterocycles. The average molecular weight is 711 g/mol. The fraction of sp³-hybridized carbons (Fsp3) is 0.0612. The van der Waals surface area contributed by atoms with Crippen LogP contribution in [0.1, 0.15) is 25.0 Å². The maximum absolute atomic E-state index is 5.37. The number of hydrogen-bond acceptors (Lipinski definition) is 4. The van der Waals surface area contributed by atoms with Crippen LogP contribution >= 0.6 is 11.3 Å². The van der Waals surface area contributed by atoms with Crippen molar-refractivity contribution >= 4 is 70.4 Å². The van der Waals surface area contributed by atoms with Gasteiger partial charge >= 0.3 is 0 Å². The van der Waals surface area contributed by atoms with E-state index < -0.39 is 0 Å². The molecule has 0 unspecified atom stereocenters. The molecule has 0 radical (unpaired) electrons. The summed E-state index contributed by atoms with van der Waals surface area (Å²) in [6, 6.07) is 59.0.